The zero-order valence-electron chi connectivity index (χ0n) is 11.3. The van der Waals surface area contributed by atoms with Gasteiger partial charge in [0.2, 0.25) is 0 Å². The maximum Gasteiger partial charge on any atom is 0.341 e. The van der Waals surface area contributed by atoms with Crippen molar-refractivity contribution in [3.63, 3.8) is 0 Å². The van der Waals surface area contributed by atoms with Gasteiger partial charge in [-0.25, -0.2) is 13.9 Å². The molecule has 0 fully saturated rings. The molecule has 0 aliphatic rings. The van der Waals surface area contributed by atoms with Gasteiger partial charge in [0.1, 0.15) is 5.82 Å². The molecule has 0 radical (unpaired) electrons. The normalized spacial score (nSPS) is 12.2. The Labute approximate surface area is 116 Å². The van der Waals surface area contributed by atoms with Crippen molar-refractivity contribution in [2.24, 2.45) is 5.73 Å². The van der Waals surface area contributed by atoms with Crippen LogP contribution >= 0.6 is 0 Å². The molecule has 0 aliphatic heterocycles. The van der Waals surface area contributed by atoms with Gasteiger partial charge in [-0.2, -0.15) is 5.10 Å². The first kappa shape index (κ1) is 14.2. The summed E-state index contributed by atoms with van der Waals surface area (Å²) in [6.45, 7) is 3.70. The van der Waals surface area contributed by atoms with Gasteiger partial charge in [0.05, 0.1) is 24.1 Å². The molecule has 2 aromatic rings. The van der Waals surface area contributed by atoms with Gasteiger partial charge >= 0.3 is 5.97 Å². The molecule has 0 saturated carbocycles. The summed E-state index contributed by atoms with van der Waals surface area (Å²) in [5, 5.41) is 4.07. The molecule has 0 aliphatic carbocycles. The first-order valence-electron chi connectivity index (χ1n) is 6.30. The molecule has 106 valence electrons. The first-order chi connectivity index (χ1) is 9.54. The second kappa shape index (κ2) is 5.83. The standard InChI is InChI=1S/C14H16FN3O2/c1-3-20-14(19)10-7-17-18(8-10)12-6-4-5-11(15)13(12)9(2)16/h4-9H,3,16H2,1-2H3/t9-/m0/s1. The zero-order chi connectivity index (χ0) is 14.7. The number of carbonyl (C=O) groups excluding carboxylic acids is 1. The molecule has 1 heterocycles. The van der Waals surface area contributed by atoms with Crippen LogP contribution in [0.15, 0.2) is 30.6 Å². The van der Waals surface area contributed by atoms with Crippen LogP contribution in [0.3, 0.4) is 0 Å². The lowest BCUT2D eigenvalue weighted by Crippen LogP contribution is -2.12. The summed E-state index contributed by atoms with van der Waals surface area (Å²) >= 11 is 0. The van der Waals surface area contributed by atoms with Crippen LogP contribution in [-0.2, 0) is 4.74 Å². The van der Waals surface area contributed by atoms with E-state index in [2.05, 4.69) is 5.10 Å². The largest absolute Gasteiger partial charge is 0.462 e. The molecule has 0 bridgehead atoms. The van der Waals surface area contributed by atoms with Crippen LogP contribution in [0.2, 0.25) is 0 Å². The molecule has 1 aromatic heterocycles. The van der Waals surface area contributed by atoms with E-state index in [1.54, 1.807) is 26.0 Å². The lowest BCUT2D eigenvalue weighted by atomic mass is 10.1. The molecule has 2 N–H and O–H groups in total. The van der Waals surface area contributed by atoms with Crippen molar-refractivity contribution in [2.45, 2.75) is 19.9 Å². The van der Waals surface area contributed by atoms with Gasteiger partial charge in [0.15, 0.2) is 0 Å². The van der Waals surface area contributed by atoms with Crippen LogP contribution in [0.1, 0.15) is 35.8 Å². The van der Waals surface area contributed by atoms with E-state index in [0.29, 0.717) is 16.8 Å². The number of halogens is 1. The summed E-state index contributed by atoms with van der Waals surface area (Å²) < 4.78 is 20.2. The average Bonchev–Trinajstić information content (AvgIpc) is 2.87. The minimum Gasteiger partial charge on any atom is -0.462 e. The number of carbonyl (C=O) groups is 1. The number of nitrogens with zero attached hydrogens (tertiary/aromatic N) is 2. The van der Waals surface area contributed by atoms with E-state index in [-0.39, 0.29) is 6.61 Å². The van der Waals surface area contributed by atoms with Crippen molar-refractivity contribution in [2.75, 3.05) is 6.61 Å². The average molecular weight is 277 g/mol. The summed E-state index contributed by atoms with van der Waals surface area (Å²) in [7, 11) is 0. The fraction of sp³-hybridized carbons (Fsp3) is 0.286. The van der Waals surface area contributed by atoms with Crippen molar-refractivity contribution >= 4 is 5.97 Å². The number of rotatable bonds is 4. The molecule has 0 saturated heterocycles. The van der Waals surface area contributed by atoms with Gasteiger partial charge in [-0.15, -0.1) is 0 Å². The highest BCUT2D eigenvalue weighted by atomic mass is 19.1. The third-order valence-corrected chi connectivity index (χ3v) is 2.83. The molecule has 20 heavy (non-hydrogen) atoms. The van der Waals surface area contributed by atoms with Gasteiger partial charge in [0.25, 0.3) is 0 Å². The van der Waals surface area contributed by atoms with Gasteiger partial charge in [0, 0.05) is 17.8 Å². The lowest BCUT2D eigenvalue weighted by molar-refractivity contribution is 0.0526. The van der Waals surface area contributed by atoms with E-state index in [0.717, 1.165) is 0 Å². The van der Waals surface area contributed by atoms with Crippen molar-refractivity contribution in [1.29, 1.82) is 0 Å². The highest BCUT2D eigenvalue weighted by molar-refractivity contribution is 5.88. The predicted molar refractivity (Wildman–Crippen MR) is 72.1 cm³/mol. The molecule has 0 amide bonds. The van der Waals surface area contributed by atoms with E-state index < -0.39 is 17.8 Å². The Bertz CT molecular complexity index is 623. The second-order valence-corrected chi connectivity index (χ2v) is 4.36. The Hall–Kier alpha value is -2.21. The SMILES string of the molecule is CCOC(=O)c1cnn(-c2cccc(F)c2[C@H](C)N)c1. The highest BCUT2D eigenvalue weighted by Crippen LogP contribution is 2.23. The van der Waals surface area contributed by atoms with Crippen LogP contribution in [0.4, 0.5) is 4.39 Å². The third kappa shape index (κ3) is 2.70. The maximum atomic E-state index is 13.9. The molecule has 6 heteroatoms. The molecule has 2 rings (SSSR count). The highest BCUT2D eigenvalue weighted by Gasteiger charge is 2.16. The van der Waals surface area contributed by atoms with Gasteiger partial charge in [-0.3, -0.25) is 0 Å². The maximum absolute atomic E-state index is 13.9. The number of esters is 1. The molecule has 0 spiro atoms. The smallest absolute Gasteiger partial charge is 0.341 e. The van der Waals surface area contributed by atoms with Crippen molar-refractivity contribution in [3.8, 4) is 5.69 Å². The lowest BCUT2D eigenvalue weighted by Gasteiger charge is -2.13. The molecular weight excluding hydrogens is 261 g/mol. The predicted octanol–water partition coefficient (Wildman–Crippen LogP) is 2.21. The molecular formula is C14H16FN3O2. The van der Waals surface area contributed by atoms with E-state index in [9.17, 15) is 9.18 Å². The van der Waals surface area contributed by atoms with E-state index in [1.165, 1.54) is 23.1 Å². The van der Waals surface area contributed by atoms with Crippen LogP contribution in [0, 0.1) is 5.82 Å². The first-order valence-corrected chi connectivity index (χ1v) is 6.30. The van der Waals surface area contributed by atoms with Crippen LogP contribution < -0.4 is 5.73 Å². The van der Waals surface area contributed by atoms with Gasteiger partial charge in [-0.05, 0) is 26.0 Å². The Kier molecular flexibility index (Phi) is 4.14. The van der Waals surface area contributed by atoms with Crippen LogP contribution in [0.25, 0.3) is 5.69 Å². The van der Waals surface area contributed by atoms with E-state index in [1.807, 2.05) is 0 Å². The van der Waals surface area contributed by atoms with Crippen LogP contribution in [0.5, 0.6) is 0 Å². The number of benzene rings is 1. The number of hydrogen-bond donors (Lipinski definition) is 1. The number of aromatic nitrogens is 2. The summed E-state index contributed by atoms with van der Waals surface area (Å²) in [4.78, 5) is 11.6. The quantitative estimate of drug-likeness (QED) is 0.870. The molecule has 5 nitrogen and oxygen atoms in total. The topological polar surface area (TPSA) is 70.1 Å². The minimum absolute atomic E-state index is 0.287. The molecule has 1 atom stereocenters. The van der Waals surface area contributed by atoms with Crippen molar-refractivity contribution in [1.82, 2.24) is 9.78 Å². The van der Waals surface area contributed by atoms with E-state index >= 15 is 0 Å². The number of nitrogens with two attached hydrogens (primary N) is 1. The second-order valence-electron chi connectivity index (χ2n) is 4.36. The fourth-order valence-corrected chi connectivity index (χ4v) is 1.95. The minimum atomic E-state index is -0.485. The van der Waals surface area contributed by atoms with Crippen LogP contribution in [-0.4, -0.2) is 22.4 Å². The summed E-state index contributed by atoms with van der Waals surface area (Å²) in [5.41, 5.74) is 6.97. The molecule has 0 unspecified atom stereocenters. The Morgan fingerprint density at radius 2 is 2.30 bits per heavy atom. The van der Waals surface area contributed by atoms with Gasteiger partial charge in [-0.1, -0.05) is 6.07 Å². The Morgan fingerprint density at radius 1 is 1.55 bits per heavy atom. The van der Waals surface area contributed by atoms with Crippen molar-refractivity contribution < 1.29 is 13.9 Å². The fourth-order valence-electron chi connectivity index (χ4n) is 1.95. The summed E-state index contributed by atoms with van der Waals surface area (Å²) in [6, 6.07) is 4.13. The number of hydrogen-bond acceptors (Lipinski definition) is 4. The van der Waals surface area contributed by atoms with Crippen molar-refractivity contribution in [3.05, 3.63) is 47.5 Å². The number of ether oxygens (including phenoxy) is 1. The monoisotopic (exact) mass is 277 g/mol. The summed E-state index contributed by atoms with van der Waals surface area (Å²) in [5.74, 6) is -0.858. The van der Waals surface area contributed by atoms with Gasteiger partial charge < -0.3 is 10.5 Å². The Morgan fingerprint density at radius 3 is 2.95 bits per heavy atom. The zero-order valence-corrected chi connectivity index (χ0v) is 11.3. The summed E-state index contributed by atoms with van der Waals surface area (Å²) in [6.07, 6.45) is 2.88. The van der Waals surface area contributed by atoms with E-state index in [4.69, 9.17) is 10.5 Å². The third-order valence-electron chi connectivity index (χ3n) is 2.83. The molecule has 1 aromatic carbocycles. The Balaban J connectivity index is 2.43.